The van der Waals surface area contributed by atoms with Crippen molar-refractivity contribution in [3.05, 3.63) is 0 Å². The molecule has 11 heavy (non-hydrogen) atoms. The van der Waals surface area contributed by atoms with E-state index in [0.29, 0.717) is 18.2 Å². The van der Waals surface area contributed by atoms with Crippen LogP contribution in [0.4, 0.5) is 0 Å². The molecule has 2 atom stereocenters. The summed E-state index contributed by atoms with van der Waals surface area (Å²) in [4.78, 5) is 2.53. The third-order valence-corrected chi connectivity index (χ3v) is 2.80. The highest BCUT2D eigenvalue weighted by molar-refractivity contribution is 4.85. The maximum Gasteiger partial charge on any atom is 0.0707 e. The largest absolute Gasteiger partial charge is 0.372 e. The minimum atomic E-state index is 0.552. The monoisotopic (exact) mass is 155 g/mol. The number of likely N-dealkylation sites (tertiary alicyclic amines) is 1. The maximum atomic E-state index is 5.74. The summed E-state index contributed by atoms with van der Waals surface area (Å²) in [5.74, 6) is 0. The molecule has 2 rings (SSSR count). The molecule has 2 aliphatic rings. The van der Waals surface area contributed by atoms with Gasteiger partial charge in [-0.1, -0.05) is 0 Å². The second-order valence-electron chi connectivity index (χ2n) is 4.01. The molecule has 64 valence electrons. The van der Waals surface area contributed by atoms with Crippen LogP contribution in [0.3, 0.4) is 0 Å². The molecule has 2 heterocycles. The molecule has 0 aromatic carbocycles. The number of morpholine rings is 1. The van der Waals surface area contributed by atoms with Gasteiger partial charge in [-0.05, 0) is 26.7 Å². The van der Waals surface area contributed by atoms with Crippen LogP contribution < -0.4 is 0 Å². The van der Waals surface area contributed by atoms with Crippen LogP contribution in [0.5, 0.6) is 0 Å². The second kappa shape index (κ2) is 2.76. The quantitative estimate of drug-likeness (QED) is 0.565. The van der Waals surface area contributed by atoms with Crippen molar-refractivity contribution in [1.82, 2.24) is 4.90 Å². The number of ether oxygens (including phenoxy) is 1. The Morgan fingerprint density at radius 3 is 2.18 bits per heavy atom. The maximum absolute atomic E-state index is 5.74. The van der Waals surface area contributed by atoms with Gasteiger partial charge in [0.05, 0.1) is 12.2 Å². The lowest BCUT2D eigenvalue weighted by molar-refractivity contribution is -0.0480. The highest BCUT2D eigenvalue weighted by Gasteiger charge is 2.34. The Balaban J connectivity index is 1.97. The molecule has 0 saturated carbocycles. The molecule has 2 fully saturated rings. The van der Waals surface area contributed by atoms with Crippen LogP contribution in [0.1, 0.15) is 26.7 Å². The molecule has 0 aromatic rings. The standard InChI is InChI=1S/C9H17NO/c1-7(2)10-5-8-3-4-9(6-10)11-8/h7-9H,3-6H2,1-2H3/t8-,9?/m0/s1. The minimum absolute atomic E-state index is 0.552. The number of fused-ring (bicyclic) bond motifs is 2. The van der Waals surface area contributed by atoms with Crippen molar-refractivity contribution < 1.29 is 4.74 Å². The average Bonchev–Trinajstić information content (AvgIpc) is 2.30. The molecule has 0 N–H and O–H groups in total. The van der Waals surface area contributed by atoms with Crippen LogP contribution in [-0.2, 0) is 4.74 Å². The van der Waals surface area contributed by atoms with E-state index in [4.69, 9.17) is 4.74 Å². The van der Waals surface area contributed by atoms with Crippen molar-refractivity contribution >= 4 is 0 Å². The molecule has 0 aliphatic carbocycles. The Morgan fingerprint density at radius 2 is 1.73 bits per heavy atom. The van der Waals surface area contributed by atoms with E-state index in [-0.39, 0.29) is 0 Å². The van der Waals surface area contributed by atoms with Crippen molar-refractivity contribution in [2.45, 2.75) is 44.9 Å². The van der Waals surface area contributed by atoms with Crippen LogP contribution in [0.25, 0.3) is 0 Å². The van der Waals surface area contributed by atoms with Crippen LogP contribution >= 0.6 is 0 Å². The first-order valence-corrected chi connectivity index (χ1v) is 4.65. The number of nitrogens with zero attached hydrogens (tertiary/aromatic N) is 1. The van der Waals surface area contributed by atoms with Gasteiger partial charge in [0.25, 0.3) is 0 Å². The van der Waals surface area contributed by atoms with E-state index in [0.717, 1.165) is 13.1 Å². The van der Waals surface area contributed by atoms with Gasteiger partial charge in [-0.3, -0.25) is 4.90 Å². The topological polar surface area (TPSA) is 12.5 Å². The van der Waals surface area contributed by atoms with Crippen LogP contribution in [-0.4, -0.2) is 36.2 Å². The van der Waals surface area contributed by atoms with E-state index in [1.807, 2.05) is 0 Å². The first-order chi connectivity index (χ1) is 5.25. The van der Waals surface area contributed by atoms with Gasteiger partial charge in [-0.25, -0.2) is 0 Å². The zero-order valence-electron chi connectivity index (χ0n) is 7.42. The summed E-state index contributed by atoms with van der Waals surface area (Å²) < 4.78 is 5.74. The van der Waals surface area contributed by atoms with Crippen molar-refractivity contribution in [3.63, 3.8) is 0 Å². The van der Waals surface area contributed by atoms with E-state index in [9.17, 15) is 0 Å². The fourth-order valence-electron chi connectivity index (χ4n) is 2.07. The predicted molar refractivity (Wildman–Crippen MR) is 44.6 cm³/mol. The summed E-state index contributed by atoms with van der Waals surface area (Å²) in [5, 5.41) is 0. The van der Waals surface area contributed by atoms with Crippen molar-refractivity contribution in [3.8, 4) is 0 Å². The van der Waals surface area contributed by atoms with Gasteiger partial charge < -0.3 is 4.74 Å². The lowest BCUT2D eigenvalue weighted by atomic mass is 10.2. The van der Waals surface area contributed by atoms with Gasteiger partial charge in [-0.2, -0.15) is 0 Å². The van der Waals surface area contributed by atoms with Gasteiger partial charge in [0.15, 0.2) is 0 Å². The number of rotatable bonds is 1. The first kappa shape index (κ1) is 7.56. The fraction of sp³-hybridized carbons (Fsp3) is 1.00. The molecule has 2 bridgehead atoms. The van der Waals surface area contributed by atoms with Gasteiger partial charge in [0, 0.05) is 19.1 Å². The van der Waals surface area contributed by atoms with Crippen LogP contribution in [0.15, 0.2) is 0 Å². The Kier molecular flexibility index (Phi) is 1.90. The van der Waals surface area contributed by atoms with E-state index < -0.39 is 0 Å². The van der Waals surface area contributed by atoms with Gasteiger partial charge in [-0.15, -0.1) is 0 Å². The second-order valence-corrected chi connectivity index (χ2v) is 4.01. The van der Waals surface area contributed by atoms with Crippen molar-refractivity contribution in [1.29, 1.82) is 0 Å². The zero-order chi connectivity index (χ0) is 7.84. The lowest BCUT2D eigenvalue weighted by Gasteiger charge is -2.34. The summed E-state index contributed by atoms with van der Waals surface area (Å²) in [7, 11) is 0. The SMILES string of the molecule is CC(C)N1CC2CC[C@@H](C1)O2. The smallest absolute Gasteiger partial charge is 0.0707 e. The summed E-state index contributed by atoms with van der Waals surface area (Å²) in [5.41, 5.74) is 0. The molecule has 2 aliphatic heterocycles. The molecule has 1 unspecified atom stereocenters. The molecular weight excluding hydrogens is 138 g/mol. The van der Waals surface area contributed by atoms with E-state index >= 15 is 0 Å². The van der Waals surface area contributed by atoms with Gasteiger partial charge in [0.2, 0.25) is 0 Å². The minimum Gasteiger partial charge on any atom is -0.372 e. The van der Waals surface area contributed by atoms with Gasteiger partial charge in [0.1, 0.15) is 0 Å². The van der Waals surface area contributed by atoms with Crippen LogP contribution in [0, 0.1) is 0 Å². The Morgan fingerprint density at radius 1 is 1.18 bits per heavy atom. The van der Waals surface area contributed by atoms with Gasteiger partial charge >= 0.3 is 0 Å². The van der Waals surface area contributed by atoms with Crippen LogP contribution in [0.2, 0.25) is 0 Å². The molecule has 0 radical (unpaired) electrons. The first-order valence-electron chi connectivity index (χ1n) is 4.65. The molecule has 2 nitrogen and oxygen atoms in total. The Bertz CT molecular complexity index is 134. The Hall–Kier alpha value is -0.0800. The summed E-state index contributed by atoms with van der Waals surface area (Å²) in [6, 6.07) is 0.696. The fourth-order valence-corrected chi connectivity index (χ4v) is 2.07. The zero-order valence-corrected chi connectivity index (χ0v) is 7.42. The molecule has 2 saturated heterocycles. The molecule has 0 spiro atoms. The third-order valence-electron chi connectivity index (χ3n) is 2.80. The summed E-state index contributed by atoms with van der Waals surface area (Å²) >= 11 is 0. The highest BCUT2D eigenvalue weighted by Crippen LogP contribution is 2.26. The predicted octanol–water partition coefficient (Wildman–Crippen LogP) is 1.26. The van der Waals surface area contributed by atoms with E-state index in [1.165, 1.54) is 12.8 Å². The lowest BCUT2D eigenvalue weighted by Crippen LogP contribution is -2.45. The number of hydrogen-bond donors (Lipinski definition) is 0. The Labute approximate surface area is 68.5 Å². The van der Waals surface area contributed by atoms with E-state index in [2.05, 4.69) is 18.7 Å². The molecular formula is C9H17NO. The highest BCUT2D eigenvalue weighted by atomic mass is 16.5. The molecule has 0 amide bonds. The third kappa shape index (κ3) is 1.42. The number of hydrogen-bond acceptors (Lipinski definition) is 2. The van der Waals surface area contributed by atoms with E-state index in [1.54, 1.807) is 0 Å². The summed E-state index contributed by atoms with van der Waals surface area (Å²) in [6.45, 7) is 6.86. The molecule has 0 aromatic heterocycles. The average molecular weight is 155 g/mol. The van der Waals surface area contributed by atoms with Crippen molar-refractivity contribution in [2.75, 3.05) is 13.1 Å². The normalized spacial score (nSPS) is 38.5. The summed E-state index contributed by atoms with van der Waals surface area (Å²) in [6.07, 6.45) is 3.68. The molecule has 2 heteroatoms. The van der Waals surface area contributed by atoms with Crippen molar-refractivity contribution in [2.24, 2.45) is 0 Å².